The van der Waals surface area contributed by atoms with Gasteiger partial charge in [-0.15, -0.1) is 10.2 Å². The van der Waals surface area contributed by atoms with Gasteiger partial charge in [0.15, 0.2) is 0 Å². The SMILES string of the molecule is COC(=O)c1ccc(Cn2cc(/C=N\n3cnnc3)c3ccccc32)o1. The number of hydrogen-bond acceptors (Lipinski definition) is 6. The van der Waals surface area contributed by atoms with Gasteiger partial charge < -0.3 is 13.7 Å². The highest BCUT2D eigenvalue weighted by Crippen LogP contribution is 2.22. The topological polar surface area (TPSA) is 87.4 Å². The third-order valence-corrected chi connectivity index (χ3v) is 3.93. The Bertz CT molecular complexity index is 1080. The van der Waals surface area contributed by atoms with Crippen molar-refractivity contribution in [2.45, 2.75) is 6.54 Å². The maximum absolute atomic E-state index is 11.5. The third kappa shape index (κ3) is 3.00. The second kappa shape index (κ2) is 6.67. The van der Waals surface area contributed by atoms with E-state index in [0.29, 0.717) is 12.3 Å². The molecular weight excluding hydrogens is 334 g/mol. The molecule has 130 valence electrons. The van der Waals surface area contributed by atoms with E-state index < -0.39 is 5.97 Å². The smallest absolute Gasteiger partial charge is 0.373 e. The van der Waals surface area contributed by atoms with Crippen molar-refractivity contribution < 1.29 is 13.9 Å². The van der Waals surface area contributed by atoms with Crippen molar-refractivity contribution in [1.82, 2.24) is 19.4 Å². The van der Waals surface area contributed by atoms with Gasteiger partial charge in [0.2, 0.25) is 5.76 Å². The predicted molar refractivity (Wildman–Crippen MR) is 94.1 cm³/mol. The molecule has 3 heterocycles. The molecule has 0 saturated carbocycles. The largest absolute Gasteiger partial charge is 0.463 e. The fraction of sp³-hybridized carbons (Fsp3) is 0.111. The number of aromatic nitrogens is 4. The molecule has 0 N–H and O–H groups in total. The van der Waals surface area contributed by atoms with Crippen LogP contribution in [0, 0.1) is 0 Å². The van der Waals surface area contributed by atoms with Gasteiger partial charge in [0.25, 0.3) is 0 Å². The monoisotopic (exact) mass is 349 g/mol. The number of ether oxygens (including phenoxy) is 1. The molecule has 8 nitrogen and oxygen atoms in total. The first-order chi connectivity index (χ1) is 12.7. The molecule has 0 amide bonds. The summed E-state index contributed by atoms with van der Waals surface area (Å²) in [4.78, 5) is 11.5. The fourth-order valence-corrected chi connectivity index (χ4v) is 2.73. The fourth-order valence-electron chi connectivity index (χ4n) is 2.73. The van der Waals surface area contributed by atoms with Gasteiger partial charge >= 0.3 is 5.97 Å². The van der Waals surface area contributed by atoms with Crippen LogP contribution < -0.4 is 0 Å². The van der Waals surface area contributed by atoms with Crippen molar-refractivity contribution >= 4 is 23.1 Å². The van der Waals surface area contributed by atoms with Crippen LogP contribution >= 0.6 is 0 Å². The summed E-state index contributed by atoms with van der Waals surface area (Å²) in [6, 6.07) is 11.4. The average Bonchev–Trinajstić information content (AvgIpc) is 3.41. The van der Waals surface area contributed by atoms with Crippen LogP contribution in [0.15, 0.2) is 64.8 Å². The molecule has 0 radical (unpaired) electrons. The van der Waals surface area contributed by atoms with Gasteiger partial charge in [0.05, 0.1) is 19.9 Å². The maximum Gasteiger partial charge on any atom is 0.373 e. The van der Waals surface area contributed by atoms with Crippen molar-refractivity contribution in [3.8, 4) is 0 Å². The molecule has 1 aromatic carbocycles. The molecule has 0 atom stereocenters. The number of furan rings is 1. The first kappa shape index (κ1) is 15.8. The minimum atomic E-state index is -0.490. The molecule has 8 heteroatoms. The number of para-hydroxylation sites is 1. The number of rotatable bonds is 5. The van der Waals surface area contributed by atoms with E-state index in [1.807, 2.05) is 35.0 Å². The molecule has 0 saturated heterocycles. The normalized spacial score (nSPS) is 11.4. The van der Waals surface area contributed by atoms with Crippen LogP contribution in [0.5, 0.6) is 0 Å². The Morgan fingerprint density at radius 3 is 2.85 bits per heavy atom. The van der Waals surface area contributed by atoms with Crippen LogP contribution in [0.2, 0.25) is 0 Å². The van der Waals surface area contributed by atoms with Crippen molar-refractivity contribution in [3.05, 3.63) is 72.3 Å². The molecule has 0 spiro atoms. The third-order valence-electron chi connectivity index (χ3n) is 3.93. The number of nitrogens with zero attached hydrogens (tertiary/aromatic N) is 5. The Labute approximate surface area is 148 Å². The number of benzene rings is 1. The second-order valence-corrected chi connectivity index (χ2v) is 5.57. The van der Waals surface area contributed by atoms with Crippen LogP contribution in [-0.4, -0.2) is 38.7 Å². The minimum absolute atomic E-state index is 0.188. The molecule has 0 aliphatic heterocycles. The number of fused-ring (bicyclic) bond motifs is 1. The van der Waals surface area contributed by atoms with Crippen molar-refractivity contribution in [2.24, 2.45) is 5.10 Å². The van der Waals surface area contributed by atoms with E-state index in [9.17, 15) is 4.79 Å². The van der Waals surface area contributed by atoms with E-state index in [1.165, 1.54) is 24.4 Å². The first-order valence-corrected chi connectivity index (χ1v) is 7.88. The molecule has 0 fully saturated rings. The zero-order chi connectivity index (χ0) is 17.9. The van der Waals surface area contributed by atoms with Gasteiger partial charge in [-0.25, -0.2) is 9.47 Å². The van der Waals surface area contributed by atoms with Gasteiger partial charge in [0, 0.05) is 22.7 Å². The van der Waals surface area contributed by atoms with E-state index >= 15 is 0 Å². The quantitative estimate of drug-likeness (QED) is 0.408. The van der Waals surface area contributed by atoms with E-state index in [-0.39, 0.29) is 5.76 Å². The lowest BCUT2D eigenvalue weighted by Crippen LogP contribution is -1.99. The lowest BCUT2D eigenvalue weighted by Gasteiger charge is -2.02. The zero-order valence-electron chi connectivity index (χ0n) is 13.9. The highest BCUT2D eigenvalue weighted by atomic mass is 16.5. The summed E-state index contributed by atoms with van der Waals surface area (Å²) >= 11 is 0. The first-order valence-electron chi connectivity index (χ1n) is 7.88. The summed E-state index contributed by atoms with van der Waals surface area (Å²) in [5, 5.41) is 12.8. The standard InChI is InChI=1S/C18H15N5O3/c1-25-18(24)17-7-6-14(26-17)10-22-9-13(8-21-23-11-19-20-12-23)15-4-2-3-5-16(15)22/h2-9,11-12H,10H2,1H3/b21-8-. The molecule has 0 bridgehead atoms. The van der Waals surface area contributed by atoms with Gasteiger partial charge in [-0.05, 0) is 18.2 Å². The van der Waals surface area contributed by atoms with E-state index in [0.717, 1.165) is 16.5 Å². The summed E-state index contributed by atoms with van der Waals surface area (Å²) in [5.74, 6) is 0.359. The molecular formula is C18H15N5O3. The molecule has 0 aliphatic rings. The molecule has 0 unspecified atom stereocenters. The number of hydrogen-bond donors (Lipinski definition) is 0. The van der Waals surface area contributed by atoms with Gasteiger partial charge in [-0.1, -0.05) is 18.2 Å². The Morgan fingerprint density at radius 2 is 2.04 bits per heavy atom. The summed E-state index contributed by atoms with van der Waals surface area (Å²) < 4.78 is 13.8. The van der Waals surface area contributed by atoms with Crippen LogP contribution in [0.1, 0.15) is 21.9 Å². The minimum Gasteiger partial charge on any atom is -0.463 e. The molecule has 4 rings (SSSR count). The average molecular weight is 349 g/mol. The highest BCUT2D eigenvalue weighted by Gasteiger charge is 2.13. The number of carbonyl (C=O) groups is 1. The predicted octanol–water partition coefficient (Wildman–Crippen LogP) is 2.54. The number of methoxy groups -OCH3 is 1. The van der Waals surface area contributed by atoms with Gasteiger partial charge in [0.1, 0.15) is 18.4 Å². The van der Waals surface area contributed by atoms with E-state index in [2.05, 4.69) is 20.0 Å². The van der Waals surface area contributed by atoms with Crippen LogP contribution in [0.25, 0.3) is 10.9 Å². The van der Waals surface area contributed by atoms with Crippen molar-refractivity contribution in [2.75, 3.05) is 7.11 Å². The summed E-state index contributed by atoms with van der Waals surface area (Å²) in [7, 11) is 1.32. The number of carbonyl (C=O) groups excluding carboxylic acids is 1. The van der Waals surface area contributed by atoms with Gasteiger partial charge in [-0.3, -0.25) is 0 Å². The number of esters is 1. The lowest BCUT2D eigenvalue weighted by molar-refractivity contribution is 0.0563. The molecule has 3 aromatic heterocycles. The van der Waals surface area contributed by atoms with E-state index in [1.54, 1.807) is 18.3 Å². The Morgan fingerprint density at radius 1 is 1.23 bits per heavy atom. The van der Waals surface area contributed by atoms with E-state index in [4.69, 9.17) is 4.42 Å². The summed E-state index contributed by atoms with van der Waals surface area (Å²) in [6.07, 6.45) is 6.78. The molecule has 4 aromatic rings. The second-order valence-electron chi connectivity index (χ2n) is 5.57. The van der Waals surface area contributed by atoms with Crippen LogP contribution in [-0.2, 0) is 11.3 Å². The highest BCUT2D eigenvalue weighted by molar-refractivity contribution is 5.99. The molecule has 0 aliphatic carbocycles. The Hall–Kier alpha value is -3.68. The zero-order valence-corrected chi connectivity index (χ0v) is 13.9. The van der Waals surface area contributed by atoms with Crippen molar-refractivity contribution in [1.29, 1.82) is 0 Å². The van der Waals surface area contributed by atoms with Gasteiger partial charge in [-0.2, -0.15) is 5.10 Å². The Kier molecular flexibility index (Phi) is 4.06. The summed E-state index contributed by atoms with van der Waals surface area (Å²) in [6.45, 7) is 0.484. The summed E-state index contributed by atoms with van der Waals surface area (Å²) in [5.41, 5.74) is 1.99. The van der Waals surface area contributed by atoms with Crippen LogP contribution in [0.4, 0.5) is 0 Å². The van der Waals surface area contributed by atoms with Crippen molar-refractivity contribution in [3.63, 3.8) is 0 Å². The van der Waals surface area contributed by atoms with Crippen LogP contribution in [0.3, 0.4) is 0 Å². The maximum atomic E-state index is 11.5. The Balaban J connectivity index is 1.67. The lowest BCUT2D eigenvalue weighted by atomic mass is 10.2. The molecule has 26 heavy (non-hydrogen) atoms.